The minimum atomic E-state index is -1.52. The van der Waals surface area contributed by atoms with Crippen molar-refractivity contribution >= 4 is 17.3 Å². The molecule has 0 aliphatic carbocycles. The van der Waals surface area contributed by atoms with Gasteiger partial charge < -0.3 is 10.4 Å². The standard InChI is InChI=1S/C12H11FN2O4/c1-4-12(2,3)14-9-5-7(11(16)17)8(13)6-10(9)15(18)19/h1,5-6,14H,2-3H3,(H,16,17). The minimum absolute atomic E-state index is 0.147. The first-order valence-electron chi connectivity index (χ1n) is 5.15. The van der Waals surface area contributed by atoms with E-state index in [1.165, 1.54) is 0 Å². The maximum absolute atomic E-state index is 13.4. The number of nitrogens with zero attached hydrogens (tertiary/aromatic N) is 1. The lowest BCUT2D eigenvalue weighted by Gasteiger charge is -2.21. The number of carbonyl (C=O) groups is 1. The number of carboxylic acid groups (broad SMARTS) is 1. The van der Waals surface area contributed by atoms with Crippen LogP contribution in [0.15, 0.2) is 12.1 Å². The van der Waals surface area contributed by atoms with Gasteiger partial charge in [0, 0.05) is 0 Å². The molecule has 0 radical (unpaired) electrons. The van der Waals surface area contributed by atoms with Crippen LogP contribution in [0.5, 0.6) is 0 Å². The van der Waals surface area contributed by atoms with Crippen molar-refractivity contribution in [2.24, 2.45) is 0 Å². The number of hydrogen-bond donors (Lipinski definition) is 2. The highest BCUT2D eigenvalue weighted by Crippen LogP contribution is 2.30. The molecule has 1 aromatic rings. The molecule has 100 valence electrons. The zero-order chi connectivity index (χ0) is 14.8. The molecule has 7 heteroatoms. The number of halogens is 1. The molecule has 0 atom stereocenters. The Morgan fingerprint density at radius 2 is 2.16 bits per heavy atom. The number of rotatable bonds is 4. The van der Waals surface area contributed by atoms with Gasteiger partial charge in [-0.25, -0.2) is 9.18 Å². The van der Waals surface area contributed by atoms with Gasteiger partial charge in [0.1, 0.15) is 11.5 Å². The summed E-state index contributed by atoms with van der Waals surface area (Å²) in [6.45, 7) is 3.14. The third kappa shape index (κ3) is 3.19. The Balaban J connectivity index is 3.43. The van der Waals surface area contributed by atoms with Gasteiger partial charge in [0.25, 0.3) is 5.69 Å². The second-order valence-corrected chi connectivity index (χ2v) is 4.31. The molecule has 19 heavy (non-hydrogen) atoms. The molecule has 0 spiro atoms. The molecule has 0 aromatic heterocycles. The van der Waals surface area contributed by atoms with Gasteiger partial charge in [-0.05, 0) is 19.9 Å². The monoisotopic (exact) mass is 266 g/mol. The predicted molar refractivity (Wildman–Crippen MR) is 66.5 cm³/mol. The second kappa shape index (κ2) is 4.94. The fourth-order valence-electron chi connectivity index (χ4n) is 1.35. The zero-order valence-corrected chi connectivity index (χ0v) is 10.2. The van der Waals surface area contributed by atoms with Crippen molar-refractivity contribution in [3.05, 3.63) is 33.6 Å². The van der Waals surface area contributed by atoms with Crippen LogP contribution < -0.4 is 5.32 Å². The van der Waals surface area contributed by atoms with Gasteiger partial charge >= 0.3 is 5.97 Å². The van der Waals surface area contributed by atoms with Crippen molar-refractivity contribution in [3.8, 4) is 12.3 Å². The molecule has 0 unspecified atom stereocenters. The van der Waals surface area contributed by atoms with Crippen LogP contribution in [0.25, 0.3) is 0 Å². The first kappa shape index (κ1) is 14.4. The third-order valence-electron chi connectivity index (χ3n) is 2.32. The fraction of sp³-hybridized carbons (Fsp3) is 0.250. The summed E-state index contributed by atoms with van der Waals surface area (Å²) in [6, 6.07) is 1.41. The minimum Gasteiger partial charge on any atom is -0.478 e. The van der Waals surface area contributed by atoms with E-state index in [-0.39, 0.29) is 5.69 Å². The summed E-state index contributed by atoms with van der Waals surface area (Å²) < 4.78 is 13.4. The Morgan fingerprint density at radius 3 is 2.58 bits per heavy atom. The molecular formula is C12H11FN2O4. The van der Waals surface area contributed by atoms with E-state index in [2.05, 4.69) is 11.2 Å². The molecule has 0 saturated heterocycles. The molecule has 0 aliphatic rings. The summed E-state index contributed by atoms with van der Waals surface area (Å²) >= 11 is 0. The number of nitrogens with one attached hydrogen (secondary N) is 1. The van der Waals surface area contributed by atoms with Crippen molar-refractivity contribution in [1.82, 2.24) is 0 Å². The lowest BCUT2D eigenvalue weighted by molar-refractivity contribution is -0.384. The Morgan fingerprint density at radius 1 is 1.58 bits per heavy atom. The normalized spacial score (nSPS) is 10.6. The van der Waals surface area contributed by atoms with Gasteiger partial charge in [-0.1, -0.05) is 5.92 Å². The van der Waals surface area contributed by atoms with E-state index >= 15 is 0 Å². The van der Waals surface area contributed by atoms with Crippen LogP contribution in [-0.4, -0.2) is 21.5 Å². The van der Waals surface area contributed by atoms with Crippen molar-refractivity contribution in [1.29, 1.82) is 0 Å². The predicted octanol–water partition coefficient (Wildman–Crippen LogP) is 2.26. The van der Waals surface area contributed by atoms with Crippen molar-refractivity contribution < 1.29 is 19.2 Å². The van der Waals surface area contributed by atoms with Gasteiger partial charge in [0.2, 0.25) is 0 Å². The van der Waals surface area contributed by atoms with E-state index in [4.69, 9.17) is 11.5 Å². The van der Waals surface area contributed by atoms with Gasteiger partial charge in [-0.2, -0.15) is 0 Å². The number of nitro benzene ring substituents is 1. The first-order valence-corrected chi connectivity index (χ1v) is 5.15. The Bertz CT molecular complexity index is 590. The summed E-state index contributed by atoms with van der Waals surface area (Å²) in [5, 5.41) is 22.3. The molecule has 0 fully saturated rings. The van der Waals surface area contributed by atoms with E-state index < -0.39 is 33.5 Å². The van der Waals surface area contributed by atoms with E-state index in [9.17, 15) is 19.3 Å². The summed E-state index contributed by atoms with van der Waals surface area (Å²) in [5.41, 5.74) is -2.34. The smallest absolute Gasteiger partial charge is 0.338 e. The molecule has 0 saturated carbocycles. The number of aromatic carboxylic acids is 1. The van der Waals surface area contributed by atoms with Crippen LogP contribution >= 0.6 is 0 Å². The van der Waals surface area contributed by atoms with Crippen molar-refractivity contribution in [3.63, 3.8) is 0 Å². The number of anilines is 1. The lowest BCUT2D eigenvalue weighted by atomic mass is 10.1. The Hall–Kier alpha value is -2.62. The van der Waals surface area contributed by atoms with Crippen LogP contribution in [0.2, 0.25) is 0 Å². The molecule has 0 amide bonds. The lowest BCUT2D eigenvalue weighted by Crippen LogP contribution is -2.29. The number of hydrogen-bond acceptors (Lipinski definition) is 4. The molecule has 0 aliphatic heterocycles. The van der Waals surface area contributed by atoms with E-state index in [0.717, 1.165) is 6.07 Å². The second-order valence-electron chi connectivity index (χ2n) is 4.31. The van der Waals surface area contributed by atoms with Gasteiger partial charge in [0.15, 0.2) is 0 Å². The summed E-state index contributed by atoms with van der Waals surface area (Å²) in [7, 11) is 0. The summed E-state index contributed by atoms with van der Waals surface area (Å²) in [6.07, 6.45) is 5.24. The van der Waals surface area contributed by atoms with Crippen LogP contribution in [0.4, 0.5) is 15.8 Å². The zero-order valence-electron chi connectivity index (χ0n) is 10.2. The van der Waals surface area contributed by atoms with Gasteiger partial charge in [0.05, 0.1) is 22.1 Å². The Kier molecular flexibility index (Phi) is 3.75. The molecule has 0 bridgehead atoms. The van der Waals surface area contributed by atoms with Crippen LogP contribution in [0.1, 0.15) is 24.2 Å². The van der Waals surface area contributed by atoms with Crippen molar-refractivity contribution in [2.75, 3.05) is 5.32 Å². The Labute approximate surface area is 108 Å². The number of carboxylic acids is 1. The van der Waals surface area contributed by atoms with Crippen LogP contribution in [-0.2, 0) is 0 Å². The molecule has 0 heterocycles. The highest BCUT2D eigenvalue weighted by atomic mass is 19.1. The van der Waals surface area contributed by atoms with E-state index in [1.54, 1.807) is 13.8 Å². The summed E-state index contributed by atoms with van der Waals surface area (Å²) in [4.78, 5) is 20.8. The quantitative estimate of drug-likeness (QED) is 0.495. The van der Waals surface area contributed by atoms with Gasteiger partial charge in [-0.3, -0.25) is 10.1 Å². The molecule has 6 nitrogen and oxygen atoms in total. The topological polar surface area (TPSA) is 92.5 Å². The van der Waals surface area contributed by atoms with E-state index in [0.29, 0.717) is 6.07 Å². The maximum Gasteiger partial charge on any atom is 0.338 e. The highest BCUT2D eigenvalue weighted by molar-refractivity contribution is 5.90. The largest absolute Gasteiger partial charge is 0.478 e. The molecule has 1 rings (SSSR count). The SMILES string of the molecule is C#CC(C)(C)Nc1cc(C(=O)O)c(F)cc1[N+](=O)[O-]. The van der Waals surface area contributed by atoms with Crippen molar-refractivity contribution in [2.45, 2.75) is 19.4 Å². The maximum atomic E-state index is 13.4. The molecule has 2 N–H and O–H groups in total. The average molecular weight is 266 g/mol. The average Bonchev–Trinajstić information content (AvgIpc) is 2.30. The number of nitro groups is 1. The first-order chi connectivity index (χ1) is 8.68. The molecule has 1 aromatic carbocycles. The molecular weight excluding hydrogens is 255 g/mol. The van der Waals surface area contributed by atoms with Crippen LogP contribution in [0.3, 0.4) is 0 Å². The van der Waals surface area contributed by atoms with Gasteiger partial charge in [-0.15, -0.1) is 6.42 Å². The third-order valence-corrected chi connectivity index (χ3v) is 2.32. The van der Waals surface area contributed by atoms with Crippen LogP contribution in [0, 0.1) is 28.3 Å². The summed E-state index contributed by atoms with van der Waals surface area (Å²) in [5.74, 6) is -0.353. The number of terminal acetylenes is 1. The highest BCUT2D eigenvalue weighted by Gasteiger charge is 2.25. The fourth-order valence-corrected chi connectivity index (χ4v) is 1.35. The number of benzene rings is 1. The van der Waals surface area contributed by atoms with E-state index in [1.807, 2.05) is 0 Å².